The molecule has 8 nitrogen and oxygen atoms in total. The smallest absolute Gasteiger partial charge is 0.293 e. The maximum atomic E-state index is 12.2. The van der Waals surface area contributed by atoms with Gasteiger partial charge in [-0.25, -0.2) is 0 Å². The summed E-state index contributed by atoms with van der Waals surface area (Å²) in [4.78, 5) is 22.9. The minimum Gasteiger partial charge on any atom is -0.492 e. The molecule has 0 spiro atoms. The van der Waals surface area contributed by atoms with Gasteiger partial charge in [-0.3, -0.25) is 14.9 Å². The van der Waals surface area contributed by atoms with Gasteiger partial charge in [-0.2, -0.15) is 0 Å². The van der Waals surface area contributed by atoms with Crippen LogP contribution in [-0.4, -0.2) is 44.2 Å². The first-order valence-electron chi connectivity index (χ1n) is 8.50. The van der Waals surface area contributed by atoms with Crippen molar-refractivity contribution >= 4 is 17.3 Å². The maximum Gasteiger partial charge on any atom is 0.293 e. The molecule has 2 N–H and O–H groups in total. The van der Waals surface area contributed by atoms with Crippen molar-refractivity contribution in [3.63, 3.8) is 0 Å². The molecule has 0 saturated heterocycles. The monoisotopic (exact) mass is 373 g/mol. The summed E-state index contributed by atoms with van der Waals surface area (Å²) in [5.41, 5.74) is 1.54. The third-order valence-electron chi connectivity index (χ3n) is 3.76. The molecule has 2 aromatic carbocycles. The molecule has 0 aromatic heterocycles. The molecular weight excluding hydrogens is 350 g/mol. The van der Waals surface area contributed by atoms with Crippen molar-refractivity contribution in [2.75, 3.05) is 38.7 Å². The number of hydrogen-bond acceptors (Lipinski definition) is 6. The Morgan fingerprint density at radius 3 is 2.52 bits per heavy atom. The van der Waals surface area contributed by atoms with E-state index in [1.807, 2.05) is 31.2 Å². The fourth-order valence-corrected chi connectivity index (χ4v) is 2.33. The van der Waals surface area contributed by atoms with Crippen molar-refractivity contribution < 1.29 is 19.2 Å². The number of nitrogens with zero attached hydrogens (tertiary/aromatic N) is 1. The second-order valence-electron chi connectivity index (χ2n) is 5.83. The maximum absolute atomic E-state index is 12.2. The Hall–Kier alpha value is -3.13. The number of carbonyl (C=O) groups is 1. The summed E-state index contributed by atoms with van der Waals surface area (Å²) in [5.74, 6) is 0.325. The Labute approximate surface area is 157 Å². The molecule has 0 aliphatic carbocycles. The lowest BCUT2D eigenvalue weighted by molar-refractivity contribution is -0.384. The van der Waals surface area contributed by atoms with Gasteiger partial charge in [0.25, 0.3) is 11.6 Å². The number of nitro benzene ring substituents is 1. The largest absolute Gasteiger partial charge is 0.492 e. The van der Waals surface area contributed by atoms with Crippen LogP contribution >= 0.6 is 0 Å². The lowest BCUT2D eigenvalue weighted by atomic mass is 10.1. The number of ether oxygens (including phenoxy) is 2. The Bertz CT molecular complexity index is 777. The first-order valence-corrected chi connectivity index (χ1v) is 8.50. The van der Waals surface area contributed by atoms with Crippen LogP contribution in [0.15, 0.2) is 42.5 Å². The zero-order valence-electron chi connectivity index (χ0n) is 15.4. The number of carbonyl (C=O) groups excluding carboxylic acids is 1. The van der Waals surface area contributed by atoms with Gasteiger partial charge in [-0.15, -0.1) is 0 Å². The van der Waals surface area contributed by atoms with Gasteiger partial charge in [0.05, 0.1) is 18.1 Å². The molecule has 8 heteroatoms. The minimum absolute atomic E-state index is 0.158. The second kappa shape index (κ2) is 10.1. The van der Waals surface area contributed by atoms with Crippen molar-refractivity contribution in [2.24, 2.45) is 0 Å². The van der Waals surface area contributed by atoms with E-state index in [9.17, 15) is 14.9 Å². The third-order valence-corrected chi connectivity index (χ3v) is 3.76. The van der Waals surface area contributed by atoms with Gasteiger partial charge in [0, 0.05) is 25.3 Å². The van der Waals surface area contributed by atoms with Crippen LogP contribution < -0.4 is 15.4 Å². The molecule has 0 radical (unpaired) electrons. The quantitative estimate of drug-likeness (QED) is 0.377. The molecule has 0 fully saturated rings. The fourth-order valence-electron chi connectivity index (χ4n) is 2.33. The Morgan fingerprint density at radius 1 is 1.11 bits per heavy atom. The van der Waals surface area contributed by atoms with Crippen LogP contribution in [-0.2, 0) is 4.74 Å². The van der Waals surface area contributed by atoms with Gasteiger partial charge < -0.3 is 20.1 Å². The standard InChI is InChI=1S/C19H23N3O5/c1-14-3-6-16(7-4-14)27-12-10-21-19(23)15-5-8-17(20-9-11-26-2)18(13-15)22(24)25/h3-8,13,20H,9-12H2,1-2H3,(H,21,23). The van der Waals surface area contributed by atoms with Crippen molar-refractivity contribution in [1.82, 2.24) is 5.32 Å². The highest BCUT2D eigenvalue weighted by Crippen LogP contribution is 2.25. The predicted molar refractivity (Wildman–Crippen MR) is 102 cm³/mol. The lowest BCUT2D eigenvalue weighted by Crippen LogP contribution is -2.28. The van der Waals surface area contributed by atoms with E-state index in [-0.39, 0.29) is 17.8 Å². The number of nitro groups is 1. The van der Waals surface area contributed by atoms with Crippen molar-refractivity contribution in [3.05, 3.63) is 63.7 Å². The van der Waals surface area contributed by atoms with Crippen LogP contribution in [0.3, 0.4) is 0 Å². The van der Waals surface area contributed by atoms with Gasteiger partial charge in [0.15, 0.2) is 0 Å². The molecule has 27 heavy (non-hydrogen) atoms. The molecule has 0 unspecified atom stereocenters. The number of anilines is 1. The van der Waals surface area contributed by atoms with Crippen LogP contribution in [0.2, 0.25) is 0 Å². The fraction of sp³-hybridized carbons (Fsp3) is 0.316. The Balaban J connectivity index is 1.90. The van der Waals surface area contributed by atoms with Gasteiger partial charge in [-0.05, 0) is 31.2 Å². The molecule has 144 valence electrons. The highest BCUT2D eigenvalue weighted by molar-refractivity contribution is 5.95. The van der Waals surface area contributed by atoms with E-state index in [2.05, 4.69) is 10.6 Å². The lowest BCUT2D eigenvalue weighted by Gasteiger charge is -2.10. The van der Waals surface area contributed by atoms with E-state index in [4.69, 9.17) is 9.47 Å². The van der Waals surface area contributed by atoms with Crippen molar-refractivity contribution in [3.8, 4) is 5.75 Å². The summed E-state index contributed by atoms with van der Waals surface area (Å²) >= 11 is 0. The Morgan fingerprint density at radius 2 is 1.85 bits per heavy atom. The summed E-state index contributed by atoms with van der Waals surface area (Å²) in [6, 6.07) is 11.9. The van der Waals surface area contributed by atoms with Gasteiger partial charge in [-0.1, -0.05) is 17.7 Å². The number of methoxy groups -OCH3 is 1. The summed E-state index contributed by atoms with van der Waals surface area (Å²) in [6.45, 7) is 3.42. The first-order chi connectivity index (χ1) is 13.0. The topological polar surface area (TPSA) is 103 Å². The summed E-state index contributed by atoms with van der Waals surface area (Å²) in [5, 5.41) is 16.9. The minimum atomic E-state index is -0.521. The molecule has 0 saturated carbocycles. The van der Waals surface area contributed by atoms with Crippen molar-refractivity contribution in [1.29, 1.82) is 0 Å². The Kier molecular flexibility index (Phi) is 7.57. The van der Waals surface area contributed by atoms with E-state index in [1.54, 1.807) is 7.11 Å². The third kappa shape index (κ3) is 6.27. The number of amides is 1. The molecule has 0 aliphatic rings. The zero-order valence-corrected chi connectivity index (χ0v) is 15.4. The zero-order chi connectivity index (χ0) is 19.6. The van der Waals surface area contributed by atoms with E-state index >= 15 is 0 Å². The molecular formula is C19H23N3O5. The highest BCUT2D eigenvalue weighted by atomic mass is 16.6. The molecule has 0 atom stereocenters. The van der Waals surface area contributed by atoms with Crippen LogP contribution in [0.25, 0.3) is 0 Å². The molecule has 0 heterocycles. The molecule has 1 amide bonds. The van der Waals surface area contributed by atoms with Crippen LogP contribution in [0.1, 0.15) is 15.9 Å². The van der Waals surface area contributed by atoms with Gasteiger partial charge in [0.2, 0.25) is 0 Å². The SMILES string of the molecule is COCCNc1ccc(C(=O)NCCOc2ccc(C)cc2)cc1[N+](=O)[O-]. The van der Waals surface area contributed by atoms with E-state index in [0.29, 0.717) is 25.4 Å². The van der Waals surface area contributed by atoms with Crippen molar-refractivity contribution in [2.45, 2.75) is 6.92 Å². The van der Waals surface area contributed by atoms with Crippen LogP contribution in [0.5, 0.6) is 5.75 Å². The number of benzene rings is 2. The number of hydrogen-bond donors (Lipinski definition) is 2. The highest BCUT2D eigenvalue weighted by Gasteiger charge is 2.17. The van der Waals surface area contributed by atoms with Gasteiger partial charge in [0.1, 0.15) is 18.0 Å². The number of rotatable bonds is 10. The molecule has 0 bridgehead atoms. The average molecular weight is 373 g/mol. The predicted octanol–water partition coefficient (Wildman–Crippen LogP) is 2.77. The van der Waals surface area contributed by atoms with E-state index < -0.39 is 10.8 Å². The first kappa shape index (κ1) is 20.2. The van der Waals surface area contributed by atoms with Crippen LogP contribution in [0.4, 0.5) is 11.4 Å². The average Bonchev–Trinajstić information content (AvgIpc) is 2.66. The summed E-state index contributed by atoms with van der Waals surface area (Å²) in [6.07, 6.45) is 0. The van der Waals surface area contributed by atoms with E-state index in [0.717, 1.165) is 11.3 Å². The number of aryl methyl sites for hydroxylation is 1. The van der Waals surface area contributed by atoms with Crippen LogP contribution in [0, 0.1) is 17.0 Å². The summed E-state index contributed by atoms with van der Waals surface area (Å²) in [7, 11) is 1.55. The molecule has 0 aliphatic heterocycles. The van der Waals surface area contributed by atoms with E-state index in [1.165, 1.54) is 18.2 Å². The second-order valence-corrected chi connectivity index (χ2v) is 5.83. The summed E-state index contributed by atoms with van der Waals surface area (Å²) < 4.78 is 10.4. The van der Waals surface area contributed by atoms with Gasteiger partial charge >= 0.3 is 0 Å². The number of nitrogens with one attached hydrogen (secondary N) is 2. The molecule has 2 aromatic rings. The molecule has 2 rings (SSSR count). The normalized spacial score (nSPS) is 10.3.